The van der Waals surface area contributed by atoms with Gasteiger partial charge < -0.3 is 5.32 Å². The van der Waals surface area contributed by atoms with Crippen molar-refractivity contribution >= 4 is 58.0 Å². The van der Waals surface area contributed by atoms with Crippen LogP contribution in [0.2, 0.25) is 5.02 Å². The van der Waals surface area contributed by atoms with E-state index in [-0.39, 0.29) is 5.91 Å². The fourth-order valence-corrected chi connectivity index (χ4v) is 4.83. The van der Waals surface area contributed by atoms with Gasteiger partial charge in [0.25, 0.3) is 5.91 Å². The molecule has 116 valence electrons. The number of rotatable bonds is 5. The average molecular weight is 379 g/mol. The number of halogens is 1. The van der Waals surface area contributed by atoms with Crippen LogP contribution in [0.3, 0.4) is 0 Å². The first kappa shape index (κ1) is 16.3. The number of aromatic nitrogens is 1. The number of nitrogens with zero attached hydrogens (tertiary/aromatic N) is 1. The minimum Gasteiger partial charge on any atom is -0.329 e. The summed E-state index contributed by atoms with van der Waals surface area (Å²) in [5.74, 6) is -0.183. The van der Waals surface area contributed by atoms with E-state index in [0.29, 0.717) is 10.6 Å². The van der Waals surface area contributed by atoms with Crippen molar-refractivity contribution in [1.82, 2.24) is 10.3 Å². The van der Waals surface area contributed by atoms with E-state index in [1.54, 1.807) is 71.1 Å². The molecular formula is C16H11ClN2OS3. The molecule has 7 heteroatoms. The lowest BCUT2D eigenvalue weighted by Gasteiger charge is -2.00. The van der Waals surface area contributed by atoms with Crippen LogP contribution in [-0.4, -0.2) is 10.9 Å². The smallest absolute Gasteiger partial charge is 0.255 e. The molecule has 0 aliphatic rings. The molecule has 0 unspecified atom stereocenters. The summed E-state index contributed by atoms with van der Waals surface area (Å²) in [6, 6.07) is 10.9. The third-order valence-electron chi connectivity index (χ3n) is 2.75. The van der Waals surface area contributed by atoms with Crippen LogP contribution >= 0.6 is 46.0 Å². The van der Waals surface area contributed by atoms with Gasteiger partial charge in [-0.3, -0.25) is 4.79 Å². The summed E-state index contributed by atoms with van der Waals surface area (Å²) in [7, 11) is 0. The molecule has 0 atom stereocenters. The predicted octanol–water partition coefficient (Wildman–Crippen LogP) is 5.41. The lowest BCUT2D eigenvalue weighted by molar-refractivity contribution is 0.0970. The molecule has 0 aliphatic heterocycles. The highest BCUT2D eigenvalue weighted by Gasteiger charge is 2.04. The van der Waals surface area contributed by atoms with Gasteiger partial charge in [-0.05, 0) is 48.2 Å². The second kappa shape index (κ2) is 7.79. The molecule has 0 aliphatic carbocycles. The average Bonchev–Trinajstić information content (AvgIpc) is 3.20. The molecule has 3 nitrogen and oxygen atoms in total. The maximum atomic E-state index is 12.0. The van der Waals surface area contributed by atoms with Crippen LogP contribution in [0.1, 0.15) is 15.2 Å². The number of hydrogen-bond acceptors (Lipinski definition) is 5. The van der Waals surface area contributed by atoms with Crippen molar-refractivity contribution in [1.29, 1.82) is 0 Å². The summed E-state index contributed by atoms with van der Waals surface area (Å²) < 4.78 is 2.19. The Morgan fingerprint density at radius 1 is 1.30 bits per heavy atom. The fraction of sp³-hybridized carbons (Fsp3) is 0. The molecule has 23 heavy (non-hydrogen) atoms. The first-order valence-corrected chi connectivity index (χ1v) is 9.50. The molecule has 2 aromatic heterocycles. The van der Waals surface area contributed by atoms with E-state index in [2.05, 4.69) is 16.4 Å². The number of benzene rings is 1. The van der Waals surface area contributed by atoms with Crippen molar-refractivity contribution in [3.05, 3.63) is 69.6 Å². The summed E-state index contributed by atoms with van der Waals surface area (Å²) in [6.45, 7) is 0. The van der Waals surface area contributed by atoms with Crippen LogP contribution in [0.4, 0.5) is 0 Å². The Morgan fingerprint density at radius 2 is 2.22 bits per heavy atom. The quantitative estimate of drug-likeness (QED) is 0.645. The minimum absolute atomic E-state index is 0.183. The van der Waals surface area contributed by atoms with Crippen molar-refractivity contribution in [2.24, 2.45) is 0 Å². The molecule has 0 saturated heterocycles. The second-order valence-electron chi connectivity index (χ2n) is 4.37. The highest BCUT2D eigenvalue weighted by Crippen LogP contribution is 2.34. The third-order valence-corrected chi connectivity index (χ3v) is 6.05. The zero-order valence-corrected chi connectivity index (χ0v) is 14.9. The van der Waals surface area contributed by atoms with E-state index in [4.69, 9.17) is 11.6 Å². The Morgan fingerprint density at radius 3 is 3.00 bits per heavy atom. The second-order valence-corrected chi connectivity index (χ2v) is 8.37. The molecule has 2 heterocycles. The van der Waals surface area contributed by atoms with Gasteiger partial charge in [-0.15, -0.1) is 22.7 Å². The highest BCUT2D eigenvalue weighted by molar-refractivity contribution is 8.02. The topological polar surface area (TPSA) is 42.0 Å². The van der Waals surface area contributed by atoms with Crippen LogP contribution in [0.25, 0.3) is 6.08 Å². The van der Waals surface area contributed by atoms with Gasteiger partial charge >= 0.3 is 0 Å². The van der Waals surface area contributed by atoms with Crippen molar-refractivity contribution in [3.8, 4) is 0 Å². The Kier molecular flexibility index (Phi) is 5.51. The van der Waals surface area contributed by atoms with E-state index < -0.39 is 0 Å². The van der Waals surface area contributed by atoms with Crippen molar-refractivity contribution in [3.63, 3.8) is 0 Å². The number of hydrogen-bond donors (Lipinski definition) is 1. The van der Waals surface area contributed by atoms with E-state index in [9.17, 15) is 4.79 Å². The summed E-state index contributed by atoms with van der Waals surface area (Å²) in [5, 5.41) is 5.25. The molecule has 1 amide bonds. The largest absolute Gasteiger partial charge is 0.329 e. The number of nitrogens with one attached hydrogen (secondary N) is 1. The zero-order chi connectivity index (χ0) is 16.1. The SMILES string of the molecule is O=C(N/C=C/c1ccc(Sc2nccs2)s1)c1cccc(Cl)c1. The minimum atomic E-state index is -0.183. The lowest BCUT2D eigenvalue weighted by atomic mass is 10.2. The van der Waals surface area contributed by atoms with Crippen molar-refractivity contribution in [2.75, 3.05) is 0 Å². The van der Waals surface area contributed by atoms with Crippen LogP contribution in [0.15, 0.2) is 62.7 Å². The monoisotopic (exact) mass is 378 g/mol. The van der Waals surface area contributed by atoms with Gasteiger partial charge in [-0.1, -0.05) is 17.7 Å². The van der Waals surface area contributed by atoms with Gasteiger partial charge in [0.2, 0.25) is 0 Å². The van der Waals surface area contributed by atoms with Crippen LogP contribution < -0.4 is 5.32 Å². The molecule has 3 aromatic rings. The summed E-state index contributed by atoms with van der Waals surface area (Å²) in [6.07, 6.45) is 5.32. The van der Waals surface area contributed by atoms with Crippen molar-refractivity contribution in [2.45, 2.75) is 8.55 Å². The number of thiophene rings is 1. The van der Waals surface area contributed by atoms with Gasteiger partial charge in [-0.2, -0.15) is 0 Å². The van der Waals surface area contributed by atoms with Crippen molar-refractivity contribution < 1.29 is 4.79 Å². The zero-order valence-electron chi connectivity index (χ0n) is 11.7. The molecular weight excluding hydrogens is 368 g/mol. The Bertz CT molecular complexity index is 827. The maximum Gasteiger partial charge on any atom is 0.255 e. The number of thiazole rings is 1. The third kappa shape index (κ3) is 4.68. The normalized spacial score (nSPS) is 11.0. The van der Waals surface area contributed by atoms with Gasteiger partial charge in [0, 0.05) is 33.2 Å². The highest BCUT2D eigenvalue weighted by atomic mass is 35.5. The van der Waals surface area contributed by atoms with E-state index in [1.165, 1.54) is 4.21 Å². The van der Waals surface area contributed by atoms with E-state index in [0.717, 1.165) is 9.22 Å². The Balaban J connectivity index is 1.58. The molecule has 0 radical (unpaired) electrons. The van der Waals surface area contributed by atoms with Crippen LogP contribution in [0, 0.1) is 0 Å². The standard InChI is InChI=1S/C16H11ClN2OS3/c17-12-3-1-2-11(10-12)15(20)18-7-6-13-4-5-14(22-13)23-16-19-8-9-21-16/h1-10H,(H,18,20)/b7-6+. The van der Waals surface area contributed by atoms with E-state index >= 15 is 0 Å². The molecule has 1 N–H and O–H groups in total. The Labute approximate surface area is 151 Å². The molecule has 0 bridgehead atoms. The first-order valence-electron chi connectivity index (χ1n) is 6.61. The Hall–Kier alpha value is -1.60. The fourth-order valence-electron chi connectivity index (χ4n) is 1.74. The lowest BCUT2D eigenvalue weighted by Crippen LogP contribution is -2.16. The number of carbonyl (C=O) groups is 1. The maximum absolute atomic E-state index is 12.0. The molecule has 1 aromatic carbocycles. The first-order chi connectivity index (χ1) is 11.2. The number of carbonyl (C=O) groups excluding carboxylic acids is 1. The summed E-state index contributed by atoms with van der Waals surface area (Å²) in [4.78, 5) is 17.3. The van der Waals surface area contributed by atoms with Crippen LogP contribution in [-0.2, 0) is 0 Å². The van der Waals surface area contributed by atoms with Gasteiger partial charge in [0.1, 0.15) is 0 Å². The molecule has 0 spiro atoms. The molecule has 0 fully saturated rings. The van der Waals surface area contributed by atoms with E-state index in [1.807, 2.05) is 17.5 Å². The van der Waals surface area contributed by atoms with Gasteiger partial charge in [-0.25, -0.2) is 4.98 Å². The summed E-state index contributed by atoms with van der Waals surface area (Å²) in [5.41, 5.74) is 0.536. The predicted molar refractivity (Wildman–Crippen MR) is 98.5 cm³/mol. The van der Waals surface area contributed by atoms with Gasteiger partial charge in [0.05, 0.1) is 4.21 Å². The number of amides is 1. The van der Waals surface area contributed by atoms with Gasteiger partial charge in [0.15, 0.2) is 4.34 Å². The molecule has 0 saturated carbocycles. The van der Waals surface area contributed by atoms with Crippen LogP contribution in [0.5, 0.6) is 0 Å². The summed E-state index contributed by atoms with van der Waals surface area (Å²) >= 11 is 10.8. The molecule has 3 rings (SSSR count).